The molecule has 3 heterocycles. The van der Waals surface area contributed by atoms with Gasteiger partial charge in [-0.15, -0.1) is 11.3 Å². The first kappa shape index (κ1) is 22.2. The molecule has 1 atom stereocenters. The molecule has 1 aliphatic carbocycles. The number of piperazine rings is 1. The topological polar surface area (TPSA) is 58.0 Å². The number of fused-ring (bicyclic) bond motifs is 1. The van der Waals surface area contributed by atoms with Gasteiger partial charge in [0.15, 0.2) is 5.76 Å². The molecule has 0 unspecified atom stereocenters. The van der Waals surface area contributed by atoms with Crippen molar-refractivity contribution in [2.75, 3.05) is 45.7 Å². The van der Waals surface area contributed by atoms with E-state index in [-0.39, 0.29) is 11.9 Å². The lowest BCUT2D eigenvalue weighted by Crippen LogP contribution is -2.46. The Labute approximate surface area is 199 Å². The van der Waals surface area contributed by atoms with Crippen LogP contribution in [0, 0.1) is 0 Å². The first-order valence-corrected chi connectivity index (χ1v) is 12.5. The third-order valence-electron chi connectivity index (χ3n) is 6.79. The summed E-state index contributed by atoms with van der Waals surface area (Å²) >= 11 is 1.74. The first-order chi connectivity index (χ1) is 16.2. The van der Waals surface area contributed by atoms with Crippen LogP contribution in [-0.4, -0.2) is 56.0 Å². The van der Waals surface area contributed by atoms with Gasteiger partial charge in [-0.05, 0) is 56.5 Å². The molecule has 1 aromatic carbocycles. The van der Waals surface area contributed by atoms with Gasteiger partial charge in [-0.25, -0.2) is 0 Å². The summed E-state index contributed by atoms with van der Waals surface area (Å²) in [5.74, 6) is 1.03. The Morgan fingerprint density at radius 3 is 2.64 bits per heavy atom. The molecular weight excluding hydrogens is 434 g/mol. The molecule has 0 saturated carbocycles. The van der Waals surface area contributed by atoms with E-state index < -0.39 is 0 Å². The minimum absolute atomic E-state index is 0.0276. The van der Waals surface area contributed by atoms with E-state index in [1.54, 1.807) is 30.6 Å². The number of benzene rings is 1. The quantitative estimate of drug-likeness (QED) is 0.566. The number of methoxy groups -OCH3 is 1. The zero-order valence-corrected chi connectivity index (χ0v) is 20.1. The van der Waals surface area contributed by atoms with Gasteiger partial charge in [0.1, 0.15) is 10.8 Å². The van der Waals surface area contributed by atoms with Gasteiger partial charge < -0.3 is 19.4 Å². The molecule has 2 aromatic heterocycles. The second-order valence-electron chi connectivity index (χ2n) is 8.87. The van der Waals surface area contributed by atoms with Crippen molar-refractivity contribution >= 4 is 22.2 Å². The fourth-order valence-electron chi connectivity index (χ4n) is 5.05. The van der Waals surface area contributed by atoms with Crippen LogP contribution >= 0.6 is 11.3 Å². The van der Waals surface area contributed by atoms with Crippen molar-refractivity contribution < 1.29 is 13.9 Å². The van der Waals surface area contributed by atoms with Crippen LogP contribution in [0.3, 0.4) is 0 Å². The zero-order valence-electron chi connectivity index (χ0n) is 19.3. The number of carbonyl (C=O) groups excluding carboxylic acids is 1. The molecular formula is C26H31N3O3S. The predicted octanol–water partition coefficient (Wildman–Crippen LogP) is 4.82. The molecule has 1 fully saturated rings. The van der Waals surface area contributed by atoms with Gasteiger partial charge in [0, 0.05) is 42.2 Å². The highest BCUT2D eigenvalue weighted by atomic mass is 32.1. The van der Waals surface area contributed by atoms with Gasteiger partial charge in [0.05, 0.1) is 19.4 Å². The molecule has 1 N–H and O–H groups in total. The number of para-hydroxylation sites is 1. The number of amides is 1. The summed E-state index contributed by atoms with van der Waals surface area (Å²) in [4.78, 5) is 19.3. The molecule has 1 amide bonds. The third kappa shape index (κ3) is 4.45. The summed E-state index contributed by atoms with van der Waals surface area (Å²) in [6.07, 6.45) is 6.05. The summed E-state index contributed by atoms with van der Waals surface area (Å²) in [6, 6.07) is 11.8. The van der Waals surface area contributed by atoms with E-state index in [0.29, 0.717) is 5.76 Å². The van der Waals surface area contributed by atoms with Gasteiger partial charge in [0.2, 0.25) is 0 Å². The molecule has 0 spiro atoms. The van der Waals surface area contributed by atoms with Crippen molar-refractivity contribution in [3.05, 3.63) is 70.0 Å². The van der Waals surface area contributed by atoms with Crippen molar-refractivity contribution in [2.24, 2.45) is 0 Å². The summed E-state index contributed by atoms with van der Waals surface area (Å²) in [5.41, 5.74) is 3.81. The number of aryl methyl sites for hydroxylation is 1. The Morgan fingerprint density at radius 1 is 1.09 bits per heavy atom. The summed E-state index contributed by atoms with van der Waals surface area (Å²) in [7, 11) is 3.92. The normalized spacial score (nSPS) is 18.0. The summed E-state index contributed by atoms with van der Waals surface area (Å²) in [6.45, 7) is 3.98. The zero-order chi connectivity index (χ0) is 22.8. The largest absolute Gasteiger partial charge is 0.496 e. The Bertz CT molecular complexity index is 1100. The first-order valence-electron chi connectivity index (χ1n) is 11.7. The monoisotopic (exact) mass is 465 g/mol. The Kier molecular flexibility index (Phi) is 6.53. The van der Waals surface area contributed by atoms with E-state index in [4.69, 9.17) is 9.15 Å². The number of nitrogens with one attached hydrogen (secondary N) is 1. The van der Waals surface area contributed by atoms with Gasteiger partial charge >= 0.3 is 0 Å². The molecule has 7 heteroatoms. The number of carbonyl (C=O) groups is 1. The minimum atomic E-state index is -0.197. The van der Waals surface area contributed by atoms with Crippen LogP contribution in [0.25, 0.3) is 0 Å². The van der Waals surface area contributed by atoms with Gasteiger partial charge in [0.25, 0.3) is 5.91 Å². The molecule has 6 nitrogen and oxygen atoms in total. The average Bonchev–Trinajstić information content (AvgIpc) is 3.50. The number of furan rings is 1. The number of rotatable bonds is 6. The van der Waals surface area contributed by atoms with Gasteiger partial charge in [-0.2, -0.15) is 0 Å². The predicted molar refractivity (Wildman–Crippen MR) is 132 cm³/mol. The lowest BCUT2D eigenvalue weighted by Gasteiger charge is -2.39. The number of likely N-dealkylation sites (N-methyl/N-ethyl adjacent to an activating group) is 1. The highest BCUT2D eigenvalue weighted by Crippen LogP contribution is 2.47. The van der Waals surface area contributed by atoms with Gasteiger partial charge in [-0.3, -0.25) is 9.69 Å². The van der Waals surface area contributed by atoms with E-state index in [2.05, 4.69) is 34.3 Å². The second kappa shape index (κ2) is 9.71. The lowest BCUT2D eigenvalue weighted by atomic mass is 9.88. The molecule has 5 rings (SSSR count). The maximum atomic E-state index is 13.0. The molecule has 33 heavy (non-hydrogen) atoms. The molecule has 3 aromatic rings. The van der Waals surface area contributed by atoms with E-state index in [0.717, 1.165) is 55.3 Å². The van der Waals surface area contributed by atoms with Gasteiger partial charge in [-0.1, -0.05) is 18.2 Å². The number of thiophene rings is 1. The highest BCUT2D eigenvalue weighted by molar-refractivity contribution is 7.16. The van der Waals surface area contributed by atoms with Crippen LogP contribution in [-0.2, 0) is 12.8 Å². The smallest absolute Gasteiger partial charge is 0.291 e. The van der Waals surface area contributed by atoms with Crippen LogP contribution in [0.2, 0.25) is 0 Å². The van der Waals surface area contributed by atoms with Crippen LogP contribution in [0.4, 0.5) is 5.00 Å². The Balaban J connectivity index is 1.63. The Morgan fingerprint density at radius 2 is 1.88 bits per heavy atom. The molecule has 174 valence electrons. The van der Waals surface area contributed by atoms with Crippen LogP contribution < -0.4 is 10.1 Å². The number of hydrogen-bond donors (Lipinski definition) is 1. The van der Waals surface area contributed by atoms with Crippen LogP contribution in [0.1, 0.15) is 51.0 Å². The number of hydrogen-bond acceptors (Lipinski definition) is 6. The fourth-order valence-corrected chi connectivity index (χ4v) is 6.37. The maximum absolute atomic E-state index is 13.0. The van der Waals surface area contributed by atoms with Crippen molar-refractivity contribution in [3.63, 3.8) is 0 Å². The average molecular weight is 466 g/mol. The standard InChI is InChI=1S/C26H31N3O3S/c1-28-13-15-29(16-14-28)24(18-8-3-5-10-20(18)31-2)23-19-9-4-6-12-22(19)33-26(23)27-25(30)21-11-7-17-32-21/h3,5,7-8,10-11,17,24H,4,6,9,12-16H2,1-2H3,(H,27,30)/t24-/m0/s1. The number of anilines is 1. The minimum Gasteiger partial charge on any atom is -0.496 e. The van der Waals surface area contributed by atoms with Crippen molar-refractivity contribution in [1.29, 1.82) is 0 Å². The van der Waals surface area contributed by atoms with Crippen molar-refractivity contribution in [2.45, 2.75) is 31.7 Å². The number of ether oxygens (including phenoxy) is 1. The molecule has 1 aliphatic heterocycles. The summed E-state index contributed by atoms with van der Waals surface area (Å²) in [5, 5.41) is 4.16. The van der Waals surface area contributed by atoms with Crippen molar-refractivity contribution in [1.82, 2.24) is 9.80 Å². The SMILES string of the molecule is COc1ccccc1[C@@H](c1c(NC(=O)c2ccco2)sc2c1CCCC2)N1CCN(C)CC1. The highest BCUT2D eigenvalue weighted by Gasteiger charge is 2.34. The van der Waals surface area contributed by atoms with Crippen molar-refractivity contribution in [3.8, 4) is 5.75 Å². The Hall–Kier alpha value is -2.61. The van der Waals surface area contributed by atoms with E-state index in [9.17, 15) is 4.79 Å². The van der Waals surface area contributed by atoms with E-state index in [1.165, 1.54) is 35.1 Å². The van der Waals surface area contributed by atoms with Crippen LogP contribution in [0.15, 0.2) is 47.1 Å². The molecule has 1 saturated heterocycles. The molecule has 2 aliphatic rings. The second-order valence-corrected chi connectivity index (χ2v) is 9.97. The lowest BCUT2D eigenvalue weighted by molar-refractivity contribution is 0.0996. The summed E-state index contributed by atoms with van der Waals surface area (Å²) < 4.78 is 11.2. The van der Waals surface area contributed by atoms with E-state index >= 15 is 0 Å². The maximum Gasteiger partial charge on any atom is 0.291 e. The number of nitrogens with zero attached hydrogens (tertiary/aromatic N) is 2. The molecule has 0 radical (unpaired) electrons. The fraction of sp³-hybridized carbons (Fsp3) is 0.423. The van der Waals surface area contributed by atoms with Crippen LogP contribution in [0.5, 0.6) is 5.75 Å². The molecule has 0 bridgehead atoms. The third-order valence-corrected chi connectivity index (χ3v) is 8.02. The van der Waals surface area contributed by atoms with E-state index in [1.807, 2.05) is 12.1 Å².